The quantitative estimate of drug-likeness (QED) is 0.787. The van der Waals surface area contributed by atoms with E-state index in [1.54, 1.807) is 6.20 Å². The molecular formula is C12H13Br2ClN2O. The van der Waals surface area contributed by atoms with Crippen molar-refractivity contribution in [2.24, 2.45) is 0 Å². The van der Waals surface area contributed by atoms with Crippen LogP contribution in [0.15, 0.2) is 21.2 Å². The van der Waals surface area contributed by atoms with Crippen LogP contribution in [0.4, 0.5) is 0 Å². The molecule has 1 aliphatic rings. The van der Waals surface area contributed by atoms with Crippen molar-refractivity contribution in [1.82, 2.24) is 10.3 Å². The van der Waals surface area contributed by atoms with E-state index in [0.717, 1.165) is 21.8 Å². The lowest BCUT2D eigenvalue weighted by Crippen LogP contribution is -2.35. The Morgan fingerprint density at radius 2 is 2.11 bits per heavy atom. The second-order valence-electron chi connectivity index (χ2n) is 4.37. The highest BCUT2D eigenvalue weighted by atomic mass is 79.9. The van der Waals surface area contributed by atoms with Gasteiger partial charge in [0, 0.05) is 21.2 Å². The molecule has 1 fully saturated rings. The number of rotatable bonds is 3. The van der Waals surface area contributed by atoms with Crippen molar-refractivity contribution >= 4 is 49.4 Å². The van der Waals surface area contributed by atoms with E-state index in [1.807, 2.05) is 6.07 Å². The Kier molecular flexibility index (Phi) is 5.04. The van der Waals surface area contributed by atoms with Crippen LogP contribution >= 0.6 is 43.5 Å². The van der Waals surface area contributed by atoms with Crippen LogP contribution in [0.5, 0.6) is 0 Å². The first-order valence-electron chi connectivity index (χ1n) is 5.83. The number of amides is 1. The summed E-state index contributed by atoms with van der Waals surface area (Å²) in [6.07, 6.45) is 6.09. The summed E-state index contributed by atoms with van der Waals surface area (Å²) in [5.74, 6) is -0.168. The van der Waals surface area contributed by atoms with Crippen LogP contribution < -0.4 is 5.32 Å². The third-order valence-electron chi connectivity index (χ3n) is 3.01. The number of aromatic nitrogens is 1. The predicted molar refractivity (Wildman–Crippen MR) is 78.6 cm³/mol. The number of hydrogen-bond donors (Lipinski definition) is 1. The van der Waals surface area contributed by atoms with Gasteiger partial charge in [-0.15, -0.1) is 11.6 Å². The minimum absolute atomic E-state index is 0.168. The van der Waals surface area contributed by atoms with Gasteiger partial charge in [0.05, 0.1) is 5.69 Å². The maximum absolute atomic E-state index is 12.0. The molecule has 0 saturated heterocycles. The minimum atomic E-state index is -0.756. The van der Waals surface area contributed by atoms with Gasteiger partial charge >= 0.3 is 0 Å². The first-order valence-corrected chi connectivity index (χ1v) is 7.85. The number of pyridine rings is 1. The fourth-order valence-corrected chi connectivity index (χ4v) is 3.67. The van der Waals surface area contributed by atoms with Crippen LogP contribution in [-0.2, 0) is 4.79 Å². The Morgan fingerprint density at radius 3 is 2.72 bits per heavy atom. The molecule has 6 heteroatoms. The molecule has 0 spiro atoms. The summed E-state index contributed by atoms with van der Waals surface area (Å²) in [6.45, 7) is 0. The zero-order valence-corrected chi connectivity index (χ0v) is 13.6. The van der Waals surface area contributed by atoms with E-state index in [-0.39, 0.29) is 11.9 Å². The Labute approximate surface area is 128 Å². The first kappa shape index (κ1) is 14.3. The molecule has 1 aromatic rings. The van der Waals surface area contributed by atoms with Gasteiger partial charge in [-0.05, 0) is 50.8 Å². The molecule has 0 bridgehead atoms. The number of nitrogens with one attached hydrogen (secondary N) is 1. The van der Waals surface area contributed by atoms with Gasteiger partial charge in [-0.25, -0.2) is 0 Å². The van der Waals surface area contributed by atoms with Gasteiger partial charge in [0.25, 0.3) is 0 Å². The average Bonchev–Trinajstić information content (AvgIpc) is 2.81. The fourth-order valence-electron chi connectivity index (χ4n) is 2.08. The van der Waals surface area contributed by atoms with Gasteiger partial charge in [-0.2, -0.15) is 0 Å². The summed E-state index contributed by atoms with van der Waals surface area (Å²) in [7, 11) is 0. The smallest absolute Gasteiger partial charge is 0.244 e. The Hall–Kier alpha value is -0.130. The molecule has 1 atom stereocenters. The molecule has 1 N–H and O–H groups in total. The Bertz CT molecular complexity index is 450. The third-order valence-corrected chi connectivity index (χ3v) is 4.48. The second kappa shape index (κ2) is 6.35. The van der Waals surface area contributed by atoms with Crippen molar-refractivity contribution in [2.45, 2.75) is 37.1 Å². The topological polar surface area (TPSA) is 42.0 Å². The van der Waals surface area contributed by atoms with Crippen LogP contribution in [0.2, 0.25) is 0 Å². The largest absolute Gasteiger partial charge is 0.352 e. The highest BCUT2D eigenvalue weighted by Gasteiger charge is 2.25. The molecule has 18 heavy (non-hydrogen) atoms. The number of hydrogen-bond acceptors (Lipinski definition) is 2. The fraction of sp³-hybridized carbons (Fsp3) is 0.500. The second-order valence-corrected chi connectivity index (χ2v) is 6.58. The van der Waals surface area contributed by atoms with Crippen LogP contribution in [0, 0.1) is 0 Å². The van der Waals surface area contributed by atoms with Crippen LogP contribution in [0.25, 0.3) is 0 Å². The normalized spacial score (nSPS) is 17.7. The van der Waals surface area contributed by atoms with Crippen molar-refractivity contribution in [3.63, 3.8) is 0 Å². The van der Waals surface area contributed by atoms with Gasteiger partial charge in [0.2, 0.25) is 5.91 Å². The van der Waals surface area contributed by atoms with Crippen molar-refractivity contribution in [1.29, 1.82) is 0 Å². The minimum Gasteiger partial charge on any atom is -0.352 e. The van der Waals surface area contributed by atoms with Crippen LogP contribution in [0.1, 0.15) is 36.8 Å². The zero-order valence-electron chi connectivity index (χ0n) is 9.63. The lowest BCUT2D eigenvalue weighted by atomic mass is 10.2. The highest BCUT2D eigenvalue weighted by Crippen LogP contribution is 2.29. The summed E-state index contributed by atoms with van der Waals surface area (Å²) in [4.78, 5) is 16.2. The Morgan fingerprint density at radius 1 is 1.44 bits per heavy atom. The van der Waals surface area contributed by atoms with E-state index in [0.29, 0.717) is 5.69 Å². The molecule has 0 aliphatic heterocycles. The van der Waals surface area contributed by atoms with Crippen molar-refractivity contribution < 1.29 is 4.79 Å². The van der Waals surface area contributed by atoms with E-state index in [2.05, 4.69) is 42.2 Å². The van der Waals surface area contributed by atoms with E-state index >= 15 is 0 Å². The van der Waals surface area contributed by atoms with E-state index in [9.17, 15) is 4.79 Å². The summed E-state index contributed by atoms with van der Waals surface area (Å²) >= 11 is 12.9. The lowest BCUT2D eigenvalue weighted by molar-refractivity contribution is -0.121. The molecule has 1 aliphatic carbocycles. The molecular weight excluding hydrogens is 383 g/mol. The third kappa shape index (κ3) is 3.45. The van der Waals surface area contributed by atoms with E-state index in [1.165, 1.54) is 12.8 Å². The van der Waals surface area contributed by atoms with E-state index in [4.69, 9.17) is 11.6 Å². The van der Waals surface area contributed by atoms with Crippen LogP contribution in [-0.4, -0.2) is 16.9 Å². The SMILES string of the molecule is O=C(NC1CCCC1)C(Cl)c1ncc(Br)cc1Br. The molecule has 1 saturated carbocycles. The van der Waals surface area contributed by atoms with E-state index < -0.39 is 5.38 Å². The summed E-state index contributed by atoms with van der Waals surface area (Å²) in [6, 6.07) is 2.11. The molecule has 1 heterocycles. The summed E-state index contributed by atoms with van der Waals surface area (Å²) in [5.41, 5.74) is 0.551. The molecule has 0 radical (unpaired) electrons. The number of nitrogens with zero attached hydrogens (tertiary/aromatic N) is 1. The molecule has 2 rings (SSSR count). The molecule has 1 amide bonds. The molecule has 1 unspecified atom stereocenters. The number of carbonyl (C=O) groups is 1. The number of halogens is 3. The summed E-state index contributed by atoms with van der Waals surface area (Å²) in [5, 5.41) is 2.22. The first-order chi connectivity index (χ1) is 8.58. The van der Waals surface area contributed by atoms with Crippen LogP contribution in [0.3, 0.4) is 0 Å². The van der Waals surface area contributed by atoms with Gasteiger partial charge in [-0.3, -0.25) is 9.78 Å². The molecule has 1 aromatic heterocycles. The van der Waals surface area contributed by atoms with Crippen molar-refractivity contribution in [2.75, 3.05) is 0 Å². The maximum Gasteiger partial charge on any atom is 0.244 e. The standard InChI is InChI=1S/C12H13Br2ClN2O/c13-7-5-9(14)11(16-6-7)10(15)12(18)17-8-3-1-2-4-8/h5-6,8,10H,1-4H2,(H,17,18). The average molecular weight is 397 g/mol. The van der Waals surface area contributed by atoms with Crippen molar-refractivity contribution in [3.8, 4) is 0 Å². The highest BCUT2D eigenvalue weighted by molar-refractivity contribution is 9.11. The predicted octanol–water partition coefficient (Wildman–Crippen LogP) is 3.95. The maximum atomic E-state index is 12.0. The van der Waals surface area contributed by atoms with Gasteiger partial charge in [-0.1, -0.05) is 12.8 Å². The van der Waals surface area contributed by atoms with Gasteiger partial charge < -0.3 is 5.32 Å². The van der Waals surface area contributed by atoms with Crippen molar-refractivity contribution in [3.05, 3.63) is 26.9 Å². The Balaban J connectivity index is 2.05. The number of alkyl halides is 1. The van der Waals surface area contributed by atoms with Gasteiger partial charge in [0.1, 0.15) is 0 Å². The molecule has 0 aromatic carbocycles. The molecule has 98 valence electrons. The summed E-state index contributed by atoms with van der Waals surface area (Å²) < 4.78 is 1.58. The zero-order chi connectivity index (χ0) is 13.1. The molecule has 3 nitrogen and oxygen atoms in total. The monoisotopic (exact) mass is 394 g/mol. The lowest BCUT2D eigenvalue weighted by Gasteiger charge is -2.15. The number of carbonyl (C=O) groups excluding carboxylic acids is 1. The van der Waals surface area contributed by atoms with Gasteiger partial charge in [0.15, 0.2) is 5.38 Å².